The van der Waals surface area contributed by atoms with Crippen LogP contribution in [-0.2, 0) is 29.6 Å². The molecule has 18 heavy (non-hydrogen) atoms. The molecular weight excluding hydrogens is 260 g/mol. The normalized spacial score (nSPS) is 28.1. The molecule has 0 saturated carbocycles. The summed E-state index contributed by atoms with van der Waals surface area (Å²) in [5, 5.41) is 10.2. The van der Waals surface area contributed by atoms with Crippen molar-refractivity contribution in [1.82, 2.24) is 0 Å². The van der Waals surface area contributed by atoms with Crippen molar-refractivity contribution in [1.29, 1.82) is 0 Å². The summed E-state index contributed by atoms with van der Waals surface area (Å²) in [5.41, 5.74) is 0.373. The molecule has 1 aromatic rings. The third-order valence-corrected chi connectivity index (χ3v) is 3.09. The molecule has 6 nitrogen and oxygen atoms in total. The van der Waals surface area contributed by atoms with Gasteiger partial charge in [0.15, 0.2) is 6.10 Å². The molecule has 1 heterocycles. The Hall–Kier alpha value is -1.44. The van der Waals surface area contributed by atoms with E-state index in [0.717, 1.165) is 6.26 Å². The van der Waals surface area contributed by atoms with Gasteiger partial charge in [0.05, 0.1) is 12.7 Å². The summed E-state index contributed by atoms with van der Waals surface area (Å²) >= 11 is 0. The van der Waals surface area contributed by atoms with Crippen LogP contribution in [0.15, 0.2) is 30.3 Å². The summed E-state index contributed by atoms with van der Waals surface area (Å²) in [7, 11) is -3.78. The molecule has 98 valence electrons. The molecule has 0 bridgehead atoms. The SMILES string of the molecule is CS(=O)(=O)O[C@H]1CC(O)(c2ccccc2)OC1=O. The Morgan fingerprint density at radius 1 is 1.39 bits per heavy atom. The first-order valence-corrected chi connectivity index (χ1v) is 7.01. The molecule has 1 saturated heterocycles. The highest BCUT2D eigenvalue weighted by molar-refractivity contribution is 7.86. The number of esters is 1. The van der Waals surface area contributed by atoms with Gasteiger partial charge in [-0.1, -0.05) is 30.3 Å². The molecule has 0 radical (unpaired) electrons. The highest BCUT2D eigenvalue weighted by Crippen LogP contribution is 2.35. The number of aliphatic hydroxyl groups is 1. The zero-order valence-electron chi connectivity index (χ0n) is 9.57. The number of benzene rings is 1. The number of rotatable bonds is 3. The van der Waals surface area contributed by atoms with Crippen LogP contribution in [0.4, 0.5) is 0 Å². The van der Waals surface area contributed by atoms with E-state index in [1.54, 1.807) is 30.3 Å². The maximum atomic E-state index is 11.5. The van der Waals surface area contributed by atoms with Crippen LogP contribution in [-0.4, -0.2) is 31.9 Å². The molecule has 1 unspecified atom stereocenters. The van der Waals surface area contributed by atoms with E-state index in [2.05, 4.69) is 4.18 Å². The largest absolute Gasteiger partial charge is 0.427 e. The molecular formula is C11H12O6S. The van der Waals surface area contributed by atoms with Gasteiger partial charge in [0.25, 0.3) is 10.1 Å². The summed E-state index contributed by atoms with van der Waals surface area (Å²) in [4.78, 5) is 11.5. The highest BCUT2D eigenvalue weighted by atomic mass is 32.2. The summed E-state index contributed by atoms with van der Waals surface area (Å²) in [5.74, 6) is -2.74. The van der Waals surface area contributed by atoms with Crippen LogP contribution >= 0.6 is 0 Å². The molecule has 1 aliphatic heterocycles. The lowest BCUT2D eigenvalue weighted by Gasteiger charge is -2.20. The van der Waals surface area contributed by atoms with Crippen LogP contribution in [0.3, 0.4) is 0 Å². The van der Waals surface area contributed by atoms with Gasteiger partial charge < -0.3 is 9.84 Å². The van der Waals surface area contributed by atoms with Crippen molar-refractivity contribution in [3.63, 3.8) is 0 Å². The minimum absolute atomic E-state index is 0.261. The van der Waals surface area contributed by atoms with Crippen LogP contribution in [0.25, 0.3) is 0 Å². The first-order valence-electron chi connectivity index (χ1n) is 5.19. The number of ether oxygens (including phenoxy) is 1. The second-order valence-electron chi connectivity index (χ2n) is 4.06. The molecule has 0 amide bonds. The predicted molar refractivity (Wildman–Crippen MR) is 60.8 cm³/mol. The molecule has 1 fully saturated rings. The fraction of sp³-hybridized carbons (Fsp3) is 0.364. The number of cyclic esters (lactones) is 1. The van der Waals surface area contributed by atoms with Gasteiger partial charge in [-0.25, -0.2) is 4.79 Å². The standard InChI is InChI=1S/C11H12O6S/c1-18(14,15)17-9-7-11(13,16-10(9)12)8-5-3-2-4-6-8/h2-6,9,13H,7H2,1H3/t9-,11?/m0/s1. The maximum Gasteiger partial charge on any atom is 0.339 e. The minimum Gasteiger partial charge on any atom is -0.427 e. The van der Waals surface area contributed by atoms with Crippen molar-refractivity contribution in [2.45, 2.75) is 18.3 Å². The Balaban J connectivity index is 2.22. The summed E-state index contributed by atoms with van der Waals surface area (Å²) in [6.07, 6.45) is -0.742. The smallest absolute Gasteiger partial charge is 0.339 e. The van der Waals surface area contributed by atoms with Crippen molar-refractivity contribution < 1.29 is 27.2 Å². The molecule has 2 rings (SSSR count). The number of hydrogen-bond donors (Lipinski definition) is 1. The Kier molecular flexibility index (Phi) is 3.14. The molecule has 0 aromatic heterocycles. The van der Waals surface area contributed by atoms with Crippen molar-refractivity contribution in [3.05, 3.63) is 35.9 Å². The zero-order chi connectivity index (χ0) is 13.4. The molecule has 0 aliphatic carbocycles. The van der Waals surface area contributed by atoms with E-state index in [-0.39, 0.29) is 6.42 Å². The van der Waals surface area contributed by atoms with E-state index in [9.17, 15) is 18.3 Å². The summed E-state index contributed by atoms with van der Waals surface area (Å²) < 4.78 is 31.3. The van der Waals surface area contributed by atoms with Gasteiger partial charge in [0, 0.05) is 5.56 Å². The van der Waals surface area contributed by atoms with Gasteiger partial charge in [-0.15, -0.1) is 0 Å². The lowest BCUT2D eigenvalue weighted by Crippen LogP contribution is -2.25. The van der Waals surface area contributed by atoms with Crippen LogP contribution < -0.4 is 0 Å². The van der Waals surface area contributed by atoms with Crippen molar-refractivity contribution in [3.8, 4) is 0 Å². The lowest BCUT2D eigenvalue weighted by atomic mass is 10.0. The molecule has 1 N–H and O–H groups in total. The van der Waals surface area contributed by atoms with Crippen molar-refractivity contribution in [2.75, 3.05) is 6.26 Å². The van der Waals surface area contributed by atoms with E-state index >= 15 is 0 Å². The van der Waals surface area contributed by atoms with E-state index < -0.39 is 28.0 Å². The molecule has 1 aromatic carbocycles. The van der Waals surface area contributed by atoms with Gasteiger partial charge in [-0.3, -0.25) is 4.18 Å². The second-order valence-corrected chi connectivity index (χ2v) is 5.67. The quantitative estimate of drug-likeness (QED) is 0.621. The molecule has 7 heteroatoms. The van der Waals surface area contributed by atoms with Gasteiger partial charge in [0.2, 0.25) is 5.79 Å². The van der Waals surface area contributed by atoms with Crippen LogP contribution in [0.2, 0.25) is 0 Å². The van der Waals surface area contributed by atoms with Crippen LogP contribution in [0.5, 0.6) is 0 Å². The van der Waals surface area contributed by atoms with Crippen LogP contribution in [0, 0.1) is 0 Å². The fourth-order valence-corrected chi connectivity index (χ4v) is 2.34. The number of carbonyl (C=O) groups is 1. The average Bonchev–Trinajstić information content (AvgIpc) is 2.54. The molecule has 2 atom stereocenters. The number of carbonyl (C=O) groups excluding carboxylic acids is 1. The zero-order valence-corrected chi connectivity index (χ0v) is 10.4. The van der Waals surface area contributed by atoms with Crippen molar-refractivity contribution >= 4 is 16.1 Å². The van der Waals surface area contributed by atoms with Gasteiger partial charge in [-0.05, 0) is 0 Å². The molecule has 0 spiro atoms. The first-order chi connectivity index (χ1) is 8.30. The topological polar surface area (TPSA) is 89.9 Å². The highest BCUT2D eigenvalue weighted by Gasteiger charge is 2.48. The predicted octanol–water partition coefficient (Wildman–Crippen LogP) is 0.123. The Morgan fingerprint density at radius 2 is 2.00 bits per heavy atom. The first kappa shape index (κ1) is 13.0. The van der Waals surface area contributed by atoms with Gasteiger partial charge in [0.1, 0.15) is 0 Å². The second kappa shape index (κ2) is 4.34. The third-order valence-electron chi connectivity index (χ3n) is 2.51. The van der Waals surface area contributed by atoms with Crippen molar-refractivity contribution in [2.24, 2.45) is 0 Å². The summed E-state index contributed by atoms with van der Waals surface area (Å²) in [6.45, 7) is 0. The van der Waals surface area contributed by atoms with E-state index in [1.165, 1.54) is 0 Å². The summed E-state index contributed by atoms with van der Waals surface area (Å²) in [6, 6.07) is 8.25. The average molecular weight is 272 g/mol. The minimum atomic E-state index is -3.78. The van der Waals surface area contributed by atoms with E-state index in [1.807, 2.05) is 0 Å². The van der Waals surface area contributed by atoms with Gasteiger partial charge in [-0.2, -0.15) is 8.42 Å². The van der Waals surface area contributed by atoms with E-state index in [4.69, 9.17) is 4.74 Å². The maximum absolute atomic E-state index is 11.5. The monoisotopic (exact) mass is 272 g/mol. The Bertz CT molecular complexity index is 552. The Labute approximate surface area is 104 Å². The fourth-order valence-electron chi connectivity index (χ4n) is 1.77. The molecule has 1 aliphatic rings. The third kappa shape index (κ3) is 2.69. The van der Waals surface area contributed by atoms with E-state index in [0.29, 0.717) is 5.56 Å². The Morgan fingerprint density at radius 3 is 2.56 bits per heavy atom. The number of hydrogen-bond acceptors (Lipinski definition) is 6. The van der Waals surface area contributed by atoms with Crippen LogP contribution in [0.1, 0.15) is 12.0 Å². The van der Waals surface area contributed by atoms with Gasteiger partial charge >= 0.3 is 5.97 Å². The lowest BCUT2D eigenvalue weighted by molar-refractivity contribution is -0.193.